The van der Waals surface area contributed by atoms with Crippen LogP contribution in [0.2, 0.25) is 0 Å². The van der Waals surface area contributed by atoms with Gasteiger partial charge in [0.05, 0.1) is 5.56 Å². The second-order valence-electron chi connectivity index (χ2n) is 3.33. The first kappa shape index (κ1) is 11.3. The quantitative estimate of drug-likeness (QED) is 0.875. The Bertz CT molecular complexity index is 540. The summed E-state index contributed by atoms with van der Waals surface area (Å²) < 4.78 is 0. The first-order valence-electron chi connectivity index (χ1n) is 4.75. The summed E-state index contributed by atoms with van der Waals surface area (Å²) in [6.45, 7) is 0. The molecule has 2 N–H and O–H groups in total. The summed E-state index contributed by atoms with van der Waals surface area (Å²) in [5, 5.41) is 17.8. The molecule has 86 valence electrons. The lowest BCUT2D eigenvalue weighted by Gasteiger charge is -1.93. The molecule has 0 saturated carbocycles. The molecule has 5 heteroatoms. The zero-order valence-electron chi connectivity index (χ0n) is 8.58. The summed E-state index contributed by atoms with van der Waals surface area (Å²) in [6, 6.07) is 10.5. The van der Waals surface area contributed by atoms with Gasteiger partial charge in [-0.25, -0.2) is 9.59 Å². The Labute approximate surface area is 101 Å². The number of hydrogen-bond acceptors (Lipinski definition) is 3. The van der Waals surface area contributed by atoms with Crippen LogP contribution in [0.3, 0.4) is 0 Å². The Hall–Kier alpha value is -2.14. The van der Waals surface area contributed by atoms with Gasteiger partial charge in [-0.3, -0.25) is 0 Å². The van der Waals surface area contributed by atoms with Crippen LogP contribution in [0.15, 0.2) is 36.4 Å². The third-order valence-electron chi connectivity index (χ3n) is 2.22. The maximum Gasteiger partial charge on any atom is 0.346 e. The molecular weight excluding hydrogens is 240 g/mol. The van der Waals surface area contributed by atoms with Gasteiger partial charge in [0.1, 0.15) is 4.88 Å². The van der Waals surface area contributed by atoms with Crippen molar-refractivity contribution in [1.29, 1.82) is 0 Å². The number of carboxylic acids is 2. The third-order valence-corrected chi connectivity index (χ3v) is 3.39. The van der Waals surface area contributed by atoms with Gasteiger partial charge in [-0.15, -0.1) is 11.3 Å². The summed E-state index contributed by atoms with van der Waals surface area (Å²) in [7, 11) is 0. The smallest absolute Gasteiger partial charge is 0.346 e. The molecule has 1 aromatic carbocycles. The molecule has 2 rings (SSSR count). The van der Waals surface area contributed by atoms with E-state index in [0.717, 1.165) is 16.9 Å². The van der Waals surface area contributed by atoms with E-state index >= 15 is 0 Å². The number of thiophene rings is 1. The van der Waals surface area contributed by atoms with Gasteiger partial charge in [0.15, 0.2) is 0 Å². The number of carbonyl (C=O) groups is 2. The van der Waals surface area contributed by atoms with Crippen LogP contribution in [-0.4, -0.2) is 22.2 Å². The van der Waals surface area contributed by atoms with Crippen LogP contribution in [0, 0.1) is 0 Å². The van der Waals surface area contributed by atoms with Gasteiger partial charge in [-0.05, 0) is 11.6 Å². The normalized spacial score (nSPS) is 10.1. The molecule has 0 atom stereocenters. The van der Waals surface area contributed by atoms with E-state index in [4.69, 9.17) is 10.2 Å². The predicted molar refractivity (Wildman–Crippen MR) is 63.7 cm³/mol. The van der Waals surface area contributed by atoms with Gasteiger partial charge < -0.3 is 10.2 Å². The van der Waals surface area contributed by atoms with Crippen molar-refractivity contribution in [2.75, 3.05) is 0 Å². The fourth-order valence-corrected chi connectivity index (χ4v) is 2.45. The van der Waals surface area contributed by atoms with Crippen molar-refractivity contribution < 1.29 is 19.8 Å². The van der Waals surface area contributed by atoms with Gasteiger partial charge in [0, 0.05) is 4.88 Å². The average molecular weight is 248 g/mol. The van der Waals surface area contributed by atoms with Crippen LogP contribution in [0.1, 0.15) is 20.0 Å². The molecule has 1 heterocycles. The SMILES string of the molecule is O=C(O)c1cc(-c2ccccc2)sc1C(=O)O. The first-order chi connectivity index (χ1) is 8.09. The number of rotatable bonds is 3. The lowest BCUT2D eigenvalue weighted by Crippen LogP contribution is -2.03. The minimum Gasteiger partial charge on any atom is -0.478 e. The van der Waals surface area contributed by atoms with E-state index in [1.807, 2.05) is 30.3 Å². The van der Waals surface area contributed by atoms with E-state index in [-0.39, 0.29) is 10.4 Å². The monoisotopic (exact) mass is 248 g/mol. The molecular formula is C12H8O4S. The fourth-order valence-electron chi connectivity index (χ4n) is 1.45. The molecule has 0 aliphatic carbocycles. The molecule has 0 radical (unpaired) electrons. The van der Waals surface area contributed by atoms with E-state index in [0.29, 0.717) is 4.88 Å². The van der Waals surface area contributed by atoms with Gasteiger partial charge in [0.25, 0.3) is 0 Å². The first-order valence-corrected chi connectivity index (χ1v) is 5.57. The molecule has 0 bridgehead atoms. The highest BCUT2D eigenvalue weighted by atomic mass is 32.1. The van der Waals surface area contributed by atoms with Gasteiger partial charge >= 0.3 is 11.9 Å². The van der Waals surface area contributed by atoms with Crippen molar-refractivity contribution in [2.45, 2.75) is 0 Å². The Kier molecular flexibility index (Phi) is 2.93. The highest BCUT2D eigenvalue weighted by Gasteiger charge is 2.20. The standard InChI is InChI=1S/C12H8O4S/c13-11(14)8-6-9(17-10(8)12(15)16)7-4-2-1-3-5-7/h1-6H,(H,13,14)(H,15,16). The maximum absolute atomic E-state index is 10.9. The fraction of sp³-hybridized carbons (Fsp3) is 0. The predicted octanol–water partition coefficient (Wildman–Crippen LogP) is 2.81. The Morgan fingerprint density at radius 1 is 1.00 bits per heavy atom. The highest BCUT2D eigenvalue weighted by Crippen LogP contribution is 2.31. The van der Waals surface area contributed by atoms with Crippen LogP contribution in [0.5, 0.6) is 0 Å². The average Bonchev–Trinajstić information content (AvgIpc) is 2.75. The van der Waals surface area contributed by atoms with Gasteiger partial charge in [-0.1, -0.05) is 30.3 Å². The van der Waals surface area contributed by atoms with Crippen LogP contribution in [0.4, 0.5) is 0 Å². The second-order valence-corrected chi connectivity index (χ2v) is 4.38. The van der Waals surface area contributed by atoms with E-state index in [2.05, 4.69) is 0 Å². The molecule has 1 aromatic heterocycles. The van der Waals surface area contributed by atoms with Crippen molar-refractivity contribution in [1.82, 2.24) is 0 Å². The lowest BCUT2D eigenvalue weighted by molar-refractivity contribution is 0.0656. The number of benzene rings is 1. The van der Waals surface area contributed by atoms with Crippen molar-refractivity contribution >= 4 is 23.3 Å². The summed E-state index contributed by atoms with van der Waals surface area (Å²) >= 11 is 0.969. The molecule has 17 heavy (non-hydrogen) atoms. The van der Waals surface area contributed by atoms with Crippen molar-refractivity contribution in [3.8, 4) is 10.4 Å². The van der Waals surface area contributed by atoms with Crippen molar-refractivity contribution in [3.63, 3.8) is 0 Å². The molecule has 0 aliphatic rings. The topological polar surface area (TPSA) is 74.6 Å². The molecule has 4 nitrogen and oxygen atoms in total. The van der Waals surface area contributed by atoms with Gasteiger partial charge in [0.2, 0.25) is 0 Å². The summed E-state index contributed by atoms with van der Waals surface area (Å²) in [5.41, 5.74) is 0.647. The van der Waals surface area contributed by atoms with Crippen LogP contribution in [-0.2, 0) is 0 Å². The van der Waals surface area contributed by atoms with E-state index in [1.54, 1.807) is 0 Å². The minimum absolute atomic E-state index is 0.142. The summed E-state index contributed by atoms with van der Waals surface area (Å²) in [5.74, 6) is -2.43. The summed E-state index contributed by atoms with van der Waals surface area (Å²) in [6.07, 6.45) is 0. The molecule has 0 spiro atoms. The van der Waals surface area contributed by atoms with Gasteiger partial charge in [-0.2, -0.15) is 0 Å². The minimum atomic E-state index is -1.22. The second kappa shape index (κ2) is 4.39. The van der Waals surface area contributed by atoms with Crippen molar-refractivity contribution in [3.05, 3.63) is 46.8 Å². The molecule has 0 unspecified atom stereocenters. The molecule has 0 fully saturated rings. The zero-order valence-corrected chi connectivity index (χ0v) is 9.40. The zero-order chi connectivity index (χ0) is 12.4. The molecule has 0 saturated heterocycles. The van der Waals surface area contributed by atoms with E-state index in [9.17, 15) is 9.59 Å². The largest absolute Gasteiger partial charge is 0.478 e. The number of aromatic carboxylic acids is 2. The lowest BCUT2D eigenvalue weighted by atomic mass is 10.1. The Morgan fingerprint density at radius 2 is 1.65 bits per heavy atom. The summed E-state index contributed by atoms with van der Waals surface area (Å²) in [4.78, 5) is 22.3. The molecule has 0 amide bonds. The number of carboxylic acid groups (broad SMARTS) is 2. The maximum atomic E-state index is 10.9. The molecule has 2 aromatic rings. The van der Waals surface area contributed by atoms with E-state index < -0.39 is 11.9 Å². The molecule has 0 aliphatic heterocycles. The third kappa shape index (κ3) is 2.19. The number of hydrogen-bond donors (Lipinski definition) is 2. The van der Waals surface area contributed by atoms with Crippen LogP contribution < -0.4 is 0 Å². The van der Waals surface area contributed by atoms with Crippen molar-refractivity contribution in [2.24, 2.45) is 0 Å². The Balaban J connectivity index is 2.55. The van der Waals surface area contributed by atoms with Crippen LogP contribution in [0.25, 0.3) is 10.4 Å². The highest BCUT2D eigenvalue weighted by molar-refractivity contribution is 7.17. The Morgan fingerprint density at radius 3 is 2.12 bits per heavy atom. The van der Waals surface area contributed by atoms with Crippen LogP contribution >= 0.6 is 11.3 Å². The van der Waals surface area contributed by atoms with E-state index in [1.165, 1.54) is 6.07 Å².